The Kier molecular flexibility index (Phi) is 6.86. The van der Waals surface area contributed by atoms with Crippen molar-refractivity contribution in [2.24, 2.45) is 10.8 Å². The molecule has 19 heavy (non-hydrogen) atoms. The number of rotatable bonds is 5. The van der Waals surface area contributed by atoms with Gasteiger partial charge in [0.15, 0.2) is 5.82 Å². The van der Waals surface area contributed by atoms with Crippen molar-refractivity contribution in [2.75, 3.05) is 25.6 Å². The highest BCUT2D eigenvalue weighted by molar-refractivity contribution is 6.35. The predicted molar refractivity (Wildman–Crippen MR) is 76.2 cm³/mol. The van der Waals surface area contributed by atoms with Crippen LogP contribution in [0, 0.1) is 5.82 Å². The zero-order valence-corrected chi connectivity index (χ0v) is 11.9. The van der Waals surface area contributed by atoms with Gasteiger partial charge >= 0.3 is 0 Å². The highest BCUT2D eigenvalue weighted by Gasteiger charge is 2.08. The molecule has 0 amide bonds. The highest BCUT2D eigenvalue weighted by Crippen LogP contribution is 2.27. The number of hydrogen-bond donors (Lipinski definition) is 3. The van der Waals surface area contributed by atoms with E-state index in [1.807, 2.05) is 0 Å². The molecule has 0 saturated carbocycles. The largest absolute Gasteiger partial charge is 0.385 e. The number of aliphatic imine (C=N–C) groups is 1. The number of nitrogens with one attached hydrogen (secondary N) is 2. The Hall–Kier alpha value is -1.08. The lowest BCUT2D eigenvalue weighted by Gasteiger charge is -2.10. The molecule has 1 aromatic rings. The molecule has 0 saturated heterocycles. The third-order valence-electron chi connectivity index (χ3n) is 2.16. The van der Waals surface area contributed by atoms with Crippen molar-refractivity contribution in [1.82, 2.24) is 5.43 Å². The Morgan fingerprint density at radius 2 is 2.05 bits per heavy atom. The first-order valence-corrected chi connectivity index (χ1v) is 6.25. The fourth-order valence-electron chi connectivity index (χ4n) is 1.29. The molecule has 0 heterocycles. The Morgan fingerprint density at radius 3 is 2.58 bits per heavy atom. The quantitative estimate of drug-likeness (QED) is 0.195. The van der Waals surface area contributed by atoms with E-state index in [9.17, 15) is 4.39 Å². The molecular formula is C11H15Cl2FN4O. The van der Waals surface area contributed by atoms with Crippen molar-refractivity contribution < 1.29 is 9.13 Å². The zero-order valence-electron chi connectivity index (χ0n) is 10.3. The summed E-state index contributed by atoms with van der Waals surface area (Å²) in [5.74, 6) is 5.00. The fraction of sp³-hybridized carbons (Fsp3) is 0.364. The molecule has 0 aromatic heterocycles. The van der Waals surface area contributed by atoms with E-state index in [-0.39, 0.29) is 10.0 Å². The summed E-state index contributed by atoms with van der Waals surface area (Å²) in [6.45, 7) is 1.14. The van der Waals surface area contributed by atoms with Gasteiger partial charge in [-0.15, -0.1) is 0 Å². The minimum absolute atomic E-state index is 0.0780. The van der Waals surface area contributed by atoms with Crippen molar-refractivity contribution in [3.05, 3.63) is 28.0 Å². The Morgan fingerprint density at radius 1 is 1.42 bits per heavy atom. The number of benzene rings is 1. The minimum atomic E-state index is -0.659. The van der Waals surface area contributed by atoms with E-state index in [4.69, 9.17) is 33.8 Å². The van der Waals surface area contributed by atoms with Gasteiger partial charge in [0.05, 0.1) is 10.0 Å². The maximum Gasteiger partial charge on any atom is 0.210 e. The molecule has 8 heteroatoms. The van der Waals surface area contributed by atoms with E-state index in [0.29, 0.717) is 24.8 Å². The summed E-state index contributed by atoms with van der Waals surface area (Å²) < 4.78 is 18.1. The summed E-state index contributed by atoms with van der Waals surface area (Å²) in [6, 6.07) is 2.79. The van der Waals surface area contributed by atoms with Gasteiger partial charge in [0.1, 0.15) is 0 Å². The molecule has 106 valence electrons. The maximum atomic E-state index is 13.2. The van der Waals surface area contributed by atoms with Gasteiger partial charge in [-0.3, -0.25) is 10.4 Å². The van der Waals surface area contributed by atoms with Gasteiger partial charge in [-0.1, -0.05) is 23.2 Å². The second-order valence-electron chi connectivity index (χ2n) is 3.60. The van der Waals surface area contributed by atoms with E-state index < -0.39 is 5.82 Å². The van der Waals surface area contributed by atoms with E-state index in [2.05, 4.69) is 15.7 Å². The van der Waals surface area contributed by atoms with Crippen molar-refractivity contribution in [2.45, 2.75) is 6.42 Å². The van der Waals surface area contributed by atoms with Crippen molar-refractivity contribution in [3.8, 4) is 0 Å². The summed E-state index contributed by atoms with van der Waals surface area (Å²) >= 11 is 11.4. The number of guanidine groups is 1. The molecule has 0 unspecified atom stereocenters. The van der Waals surface area contributed by atoms with Crippen LogP contribution in [0.5, 0.6) is 0 Å². The van der Waals surface area contributed by atoms with Crippen LogP contribution in [0.4, 0.5) is 10.1 Å². The smallest absolute Gasteiger partial charge is 0.210 e. The van der Waals surface area contributed by atoms with Crippen LogP contribution in [0.1, 0.15) is 6.42 Å². The van der Waals surface area contributed by atoms with Crippen LogP contribution in [0.15, 0.2) is 17.1 Å². The highest BCUT2D eigenvalue weighted by atomic mass is 35.5. The molecule has 0 aliphatic carbocycles. The van der Waals surface area contributed by atoms with Crippen LogP contribution in [-0.4, -0.2) is 26.2 Å². The Balaban J connectivity index is 2.70. The summed E-state index contributed by atoms with van der Waals surface area (Å²) in [7, 11) is 1.62. The lowest BCUT2D eigenvalue weighted by molar-refractivity contribution is 0.197. The van der Waals surface area contributed by atoms with Gasteiger partial charge < -0.3 is 10.1 Å². The number of nitrogens with zero attached hydrogens (tertiary/aromatic N) is 1. The molecule has 1 rings (SSSR count). The number of halogens is 3. The van der Waals surface area contributed by atoms with Crippen molar-refractivity contribution in [3.63, 3.8) is 0 Å². The van der Waals surface area contributed by atoms with Gasteiger partial charge in [0, 0.05) is 25.9 Å². The van der Waals surface area contributed by atoms with Crippen molar-refractivity contribution in [1.29, 1.82) is 0 Å². The molecule has 0 aliphatic heterocycles. The second-order valence-corrected chi connectivity index (χ2v) is 4.41. The number of hydrazine groups is 1. The van der Waals surface area contributed by atoms with Crippen LogP contribution in [-0.2, 0) is 4.74 Å². The Labute approximate surface area is 120 Å². The molecule has 4 N–H and O–H groups in total. The third kappa shape index (κ3) is 5.20. The predicted octanol–water partition coefficient (Wildman–Crippen LogP) is 2.40. The van der Waals surface area contributed by atoms with Gasteiger partial charge in [-0.2, -0.15) is 0 Å². The summed E-state index contributed by atoms with van der Waals surface area (Å²) in [5.41, 5.74) is 2.89. The number of ether oxygens (including phenoxy) is 1. The number of hydrogen-bond acceptors (Lipinski definition) is 3. The van der Waals surface area contributed by atoms with E-state index in [1.54, 1.807) is 7.11 Å². The van der Waals surface area contributed by atoms with Gasteiger partial charge in [0.25, 0.3) is 0 Å². The van der Waals surface area contributed by atoms with E-state index in [1.165, 1.54) is 12.1 Å². The van der Waals surface area contributed by atoms with E-state index in [0.717, 1.165) is 6.42 Å². The first kappa shape index (κ1) is 16.0. The summed E-state index contributed by atoms with van der Waals surface area (Å²) in [5, 5.41) is 2.70. The second kappa shape index (κ2) is 8.16. The summed E-state index contributed by atoms with van der Waals surface area (Å²) in [6.07, 6.45) is 0.758. The van der Waals surface area contributed by atoms with Gasteiger partial charge in [0.2, 0.25) is 5.96 Å². The first-order valence-electron chi connectivity index (χ1n) is 5.50. The molecule has 0 fully saturated rings. The molecule has 1 aromatic carbocycles. The molecule has 0 radical (unpaired) electrons. The van der Waals surface area contributed by atoms with Crippen LogP contribution in [0.25, 0.3) is 0 Å². The average molecular weight is 309 g/mol. The van der Waals surface area contributed by atoms with Crippen LogP contribution in [0.2, 0.25) is 10.0 Å². The zero-order chi connectivity index (χ0) is 14.3. The van der Waals surface area contributed by atoms with Crippen LogP contribution >= 0.6 is 23.2 Å². The number of methoxy groups -OCH3 is 1. The fourth-order valence-corrected chi connectivity index (χ4v) is 1.77. The van der Waals surface area contributed by atoms with E-state index >= 15 is 0 Å². The topological polar surface area (TPSA) is 71.7 Å². The third-order valence-corrected chi connectivity index (χ3v) is 2.71. The minimum Gasteiger partial charge on any atom is -0.385 e. The van der Waals surface area contributed by atoms with Gasteiger partial charge in [-0.05, 0) is 18.6 Å². The molecule has 0 atom stereocenters. The number of nitrogens with two attached hydrogens (primary N) is 1. The molecule has 0 bridgehead atoms. The lowest BCUT2D eigenvalue weighted by atomic mass is 10.3. The number of anilines is 1. The van der Waals surface area contributed by atoms with Gasteiger partial charge in [-0.25, -0.2) is 10.2 Å². The molecule has 0 spiro atoms. The lowest BCUT2D eigenvalue weighted by Crippen LogP contribution is -2.36. The molecule has 0 aliphatic rings. The normalized spacial score (nSPS) is 11.5. The molecule has 5 nitrogen and oxygen atoms in total. The van der Waals surface area contributed by atoms with Crippen LogP contribution in [0.3, 0.4) is 0 Å². The average Bonchev–Trinajstić information content (AvgIpc) is 2.39. The standard InChI is InChI=1S/C11H15Cl2FN4O/c1-19-4-2-3-16-11(18-15)17-7-5-8(12)10(14)9(13)6-7/h5-6H,2-4,15H2,1H3,(H2,16,17,18). The Bertz CT molecular complexity index is 433. The first-order chi connectivity index (χ1) is 9.08. The monoisotopic (exact) mass is 308 g/mol. The molecular weight excluding hydrogens is 294 g/mol. The summed E-state index contributed by atoms with van der Waals surface area (Å²) in [4.78, 5) is 4.17. The van der Waals surface area contributed by atoms with Crippen molar-refractivity contribution >= 4 is 34.8 Å². The maximum absolute atomic E-state index is 13.2. The SMILES string of the molecule is COCCCN=C(NN)Nc1cc(Cl)c(F)c(Cl)c1. The van der Waals surface area contributed by atoms with Crippen LogP contribution < -0.4 is 16.6 Å².